The molecule has 0 saturated carbocycles. The van der Waals surface area contributed by atoms with Crippen molar-refractivity contribution in [2.45, 2.75) is 6.54 Å². The molecule has 0 atom stereocenters. The lowest BCUT2D eigenvalue weighted by Gasteiger charge is -1.98. The van der Waals surface area contributed by atoms with E-state index in [0.717, 1.165) is 28.3 Å². The third kappa shape index (κ3) is 2.69. The number of nitrogens with zero attached hydrogens (tertiary/aromatic N) is 4. The predicted molar refractivity (Wildman–Crippen MR) is 75.0 cm³/mol. The van der Waals surface area contributed by atoms with Crippen molar-refractivity contribution in [3.63, 3.8) is 0 Å². The minimum absolute atomic E-state index is 0.724. The van der Waals surface area contributed by atoms with Crippen molar-refractivity contribution < 1.29 is 0 Å². The number of halogens is 1. The highest BCUT2D eigenvalue weighted by Gasteiger charge is 2.03. The fourth-order valence-electron chi connectivity index (χ4n) is 1.98. The molecule has 4 nitrogen and oxygen atoms in total. The van der Waals surface area contributed by atoms with Gasteiger partial charge in [-0.05, 0) is 17.7 Å². The third-order valence-electron chi connectivity index (χ3n) is 2.91. The van der Waals surface area contributed by atoms with Crippen molar-refractivity contribution in [2.75, 3.05) is 0 Å². The summed E-state index contributed by atoms with van der Waals surface area (Å²) in [6.45, 7) is 0.724. The summed E-state index contributed by atoms with van der Waals surface area (Å²) >= 11 is 5.88. The molecule has 0 aliphatic rings. The molecule has 1 aromatic carbocycles. The van der Waals surface area contributed by atoms with Crippen LogP contribution in [0.25, 0.3) is 11.1 Å². The maximum absolute atomic E-state index is 5.88. The summed E-state index contributed by atoms with van der Waals surface area (Å²) in [6, 6.07) is 7.76. The lowest BCUT2D eigenvalue weighted by molar-refractivity contribution is 0.685. The minimum atomic E-state index is 0.724. The van der Waals surface area contributed by atoms with Crippen LogP contribution in [-0.2, 0) is 13.6 Å². The van der Waals surface area contributed by atoms with E-state index in [2.05, 4.69) is 10.2 Å². The van der Waals surface area contributed by atoms with E-state index in [-0.39, 0.29) is 0 Å². The lowest BCUT2D eigenvalue weighted by Crippen LogP contribution is -1.98. The summed E-state index contributed by atoms with van der Waals surface area (Å²) in [5, 5.41) is 9.26. The summed E-state index contributed by atoms with van der Waals surface area (Å²) in [5.41, 5.74) is 3.33. The zero-order chi connectivity index (χ0) is 13.2. The first-order chi connectivity index (χ1) is 9.20. The molecule has 5 heteroatoms. The largest absolute Gasteiger partial charge is 0.275 e. The second-order valence-corrected chi connectivity index (χ2v) is 4.89. The van der Waals surface area contributed by atoms with Gasteiger partial charge >= 0.3 is 0 Å². The number of aryl methyl sites for hydroxylation is 1. The van der Waals surface area contributed by atoms with Crippen molar-refractivity contribution in [1.82, 2.24) is 19.6 Å². The number of rotatable bonds is 3. The molecule has 0 bridgehead atoms. The first-order valence-electron chi connectivity index (χ1n) is 5.96. The zero-order valence-corrected chi connectivity index (χ0v) is 11.2. The molecule has 0 radical (unpaired) electrons. The van der Waals surface area contributed by atoms with Crippen LogP contribution in [0.15, 0.2) is 49.1 Å². The molecule has 0 aliphatic heterocycles. The Morgan fingerprint density at radius 2 is 1.79 bits per heavy atom. The molecule has 3 aromatic rings. The van der Waals surface area contributed by atoms with E-state index in [9.17, 15) is 0 Å². The summed E-state index contributed by atoms with van der Waals surface area (Å²) in [4.78, 5) is 0. The Morgan fingerprint density at radius 3 is 2.47 bits per heavy atom. The van der Waals surface area contributed by atoms with Crippen LogP contribution in [-0.4, -0.2) is 19.6 Å². The van der Waals surface area contributed by atoms with Gasteiger partial charge in [-0.25, -0.2) is 0 Å². The summed E-state index contributed by atoms with van der Waals surface area (Å²) in [6.07, 6.45) is 7.73. The lowest BCUT2D eigenvalue weighted by atomic mass is 10.1. The van der Waals surface area contributed by atoms with Gasteiger partial charge in [-0.15, -0.1) is 0 Å². The van der Waals surface area contributed by atoms with Gasteiger partial charge in [0.15, 0.2) is 0 Å². The van der Waals surface area contributed by atoms with Crippen molar-refractivity contribution >= 4 is 11.6 Å². The number of hydrogen-bond acceptors (Lipinski definition) is 2. The van der Waals surface area contributed by atoms with E-state index < -0.39 is 0 Å². The van der Waals surface area contributed by atoms with Gasteiger partial charge in [-0.3, -0.25) is 9.36 Å². The van der Waals surface area contributed by atoms with Gasteiger partial charge in [-0.1, -0.05) is 23.7 Å². The Kier molecular flexibility index (Phi) is 3.09. The van der Waals surface area contributed by atoms with Gasteiger partial charge in [-0.2, -0.15) is 10.2 Å². The maximum atomic E-state index is 5.88. The number of aromatic nitrogens is 4. The molecule has 0 fully saturated rings. The molecule has 0 spiro atoms. The van der Waals surface area contributed by atoms with E-state index in [4.69, 9.17) is 11.6 Å². The Morgan fingerprint density at radius 1 is 1.00 bits per heavy atom. The SMILES string of the molecule is Cn1cc(Cn2cc(-c3ccc(Cl)cc3)cn2)cn1. The maximum Gasteiger partial charge on any atom is 0.0690 e. The zero-order valence-electron chi connectivity index (χ0n) is 10.5. The van der Waals surface area contributed by atoms with Crippen molar-refractivity contribution in [1.29, 1.82) is 0 Å². The van der Waals surface area contributed by atoms with E-state index in [1.807, 2.05) is 60.8 Å². The first-order valence-corrected chi connectivity index (χ1v) is 6.34. The minimum Gasteiger partial charge on any atom is -0.275 e. The van der Waals surface area contributed by atoms with Crippen LogP contribution in [0.1, 0.15) is 5.56 Å². The highest BCUT2D eigenvalue weighted by Crippen LogP contribution is 2.21. The molecule has 2 aromatic heterocycles. The molecule has 0 unspecified atom stereocenters. The Bertz CT molecular complexity index is 682. The van der Waals surface area contributed by atoms with Crippen molar-refractivity contribution in [2.24, 2.45) is 7.05 Å². The highest BCUT2D eigenvalue weighted by atomic mass is 35.5. The van der Waals surface area contributed by atoms with Crippen LogP contribution in [0.4, 0.5) is 0 Å². The monoisotopic (exact) mass is 272 g/mol. The highest BCUT2D eigenvalue weighted by molar-refractivity contribution is 6.30. The van der Waals surface area contributed by atoms with Gasteiger partial charge in [0.25, 0.3) is 0 Å². The Labute approximate surface area is 116 Å². The van der Waals surface area contributed by atoms with Gasteiger partial charge in [0.1, 0.15) is 0 Å². The normalized spacial score (nSPS) is 10.8. The molecule has 0 amide bonds. The standard InChI is InChI=1S/C14H13ClN4/c1-18-8-11(6-16-18)9-19-10-13(7-17-19)12-2-4-14(15)5-3-12/h2-8,10H,9H2,1H3. The fourth-order valence-corrected chi connectivity index (χ4v) is 2.11. The average molecular weight is 273 g/mol. The number of hydrogen-bond donors (Lipinski definition) is 0. The molecular formula is C14H13ClN4. The molecule has 0 saturated heterocycles. The van der Waals surface area contributed by atoms with Crippen LogP contribution >= 0.6 is 11.6 Å². The summed E-state index contributed by atoms with van der Waals surface area (Å²) in [5.74, 6) is 0. The molecule has 19 heavy (non-hydrogen) atoms. The van der Waals surface area contributed by atoms with E-state index in [1.165, 1.54) is 0 Å². The van der Waals surface area contributed by atoms with Gasteiger partial charge in [0, 0.05) is 35.6 Å². The van der Waals surface area contributed by atoms with Crippen LogP contribution < -0.4 is 0 Å². The van der Waals surface area contributed by atoms with Gasteiger partial charge < -0.3 is 0 Å². The van der Waals surface area contributed by atoms with Gasteiger partial charge in [0.2, 0.25) is 0 Å². The molecule has 2 heterocycles. The van der Waals surface area contributed by atoms with Crippen molar-refractivity contribution in [3.8, 4) is 11.1 Å². The molecule has 3 rings (SSSR count). The van der Waals surface area contributed by atoms with E-state index in [1.54, 1.807) is 4.68 Å². The predicted octanol–water partition coefficient (Wildman–Crippen LogP) is 2.99. The van der Waals surface area contributed by atoms with Crippen LogP contribution in [0.3, 0.4) is 0 Å². The molecule has 0 aliphatic carbocycles. The van der Waals surface area contributed by atoms with Crippen molar-refractivity contribution in [3.05, 3.63) is 59.6 Å². The Hall–Kier alpha value is -2.07. The smallest absolute Gasteiger partial charge is 0.0690 e. The molecular weight excluding hydrogens is 260 g/mol. The van der Waals surface area contributed by atoms with Crippen LogP contribution in [0, 0.1) is 0 Å². The quantitative estimate of drug-likeness (QED) is 0.735. The van der Waals surface area contributed by atoms with E-state index >= 15 is 0 Å². The first kappa shape index (κ1) is 12.0. The number of benzene rings is 1. The summed E-state index contributed by atoms with van der Waals surface area (Å²) < 4.78 is 3.69. The Balaban J connectivity index is 1.81. The van der Waals surface area contributed by atoms with E-state index in [0.29, 0.717) is 0 Å². The second kappa shape index (κ2) is 4.90. The molecule has 96 valence electrons. The van der Waals surface area contributed by atoms with Gasteiger partial charge in [0.05, 0.1) is 18.9 Å². The topological polar surface area (TPSA) is 35.6 Å². The van der Waals surface area contributed by atoms with Crippen LogP contribution in [0.2, 0.25) is 5.02 Å². The third-order valence-corrected chi connectivity index (χ3v) is 3.17. The second-order valence-electron chi connectivity index (χ2n) is 4.46. The van der Waals surface area contributed by atoms with Crippen LogP contribution in [0.5, 0.6) is 0 Å². The summed E-state index contributed by atoms with van der Waals surface area (Å²) in [7, 11) is 1.91. The fraction of sp³-hybridized carbons (Fsp3) is 0.143. The average Bonchev–Trinajstić information content (AvgIpc) is 3.00. The molecule has 0 N–H and O–H groups in total.